The molecule has 1 N–H and O–H groups in total. The first-order chi connectivity index (χ1) is 15.0. The Kier molecular flexibility index (Phi) is 5.60. The molecule has 0 atom stereocenters. The van der Waals surface area contributed by atoms with Crippen LogP contribution in [0.25, 0.3) is 16.5 Å². The molecule has 4 aromatic rings. The molecule has 0 saturated carbocycles. The van der Waals surface area contributed by atoms with E-state index in [1.54, 1.807) is 66.7 Å². The Bertz CT molecular complexity index is 1350. The van der Waals surface area contributed by atoms with Gasteiger partial charge in [0.05, 0.1) is 24.6 Å². The SMILES string of the molecule is COc1ccc(NC(=O)c2nn(-c3ccccc3OC)c(=O)c3ccccc23)cc1Cl. The van der Waals surface area contributed by atoms with Gasteiger partial charge in [0, 0.05) is 11.1 Å². The predicted octanol–water partition coefficient (Wildman–Crippen LogP) is 4.31. The number of amides is 1. The first-order valence-corrected chi connectivity index (χ1v) is 9.71. The number of para-hydroxylation sites is 2. The fourth-order valence-corrected chi connectivity index (χ4v) is 3.52. The van der Waals surface area contributed by atoms with Crippen LogP contribution < -0.4 is 20.3 Å². The molecule has 0 bridgehead atoms. The number of hydrogen-bond acceptors (Lipinski definition) is 5. The van der Waals surface area contributed by atoms with E-state index < -0.39 is 5.91 Å². The van der Waals surface area contributed by atoms with E-state index >= 15 is 0 Å². The van der Waals surface area contributed by atoms with E-state index in [2.05, 4.69) is 10.4 Å². The molecule has 1 aromatic heterocycles. The fraction of sp³-hybridized carbons (Fsp3) is 0.0870. The largest absolute Gasteiger partial charge is 0.495 e. The molecule has 4 rings (SSSR count). The summed E-state index contributed by atoms with van der Waals surface area (Å²) in [5, 5.41) is 8.33. The molecule has 1 amide bonds. The van der Waals surface area contributed by atoms with Crippen molar-refractivity contribution in [3.8, 4) is 17.2 Å². The van der Waals surface area contributed by atoms with Gasteiger partial charge in [0.1, 0.15) is 17.2 Å². The van der Waals surface area contributed by atoms with Gasteiger partial charge in [-0.2, -0.15) is 9.78 Å². The summed E-state index contributed by atoms with van der Waals surface area (Å²) < 4.78 is 11.7. The van der Waals surface area contributed by atoms with Crippen LogP contribution in [0.2, 0.25) is 5.02 Å². The lowest BCUT2D eigenvalue weighted by Gasteiger charge is -2.14. The van der Waals surface area contributed by atoms with Crippen molar-refractivity contribution in [3.63, 3.8) is 0 Å². The van der Waals surface area contributed by atoms with Crippen LogP contribution in [-0.2, 0) is 0 Å². The number of anilines is 1. The molecule has 0 unspecified atom stereocenters. The van der Waals surface area contributed by atoms with Gasteiger partial charge >= 0.3 is 0 Å². The lowest BCUT2D eigenvalue weighted by molar-refractivity contribution is 0.102. The third kappa shape index (κ3) is 3.83. The van der Waals surface area contributed by atoms with Crippen LogP contribution in [0.4, 0.5) is 5.69 Å². The minimum Gasteiger partial charge on any atom is -0.495 e. The van der Waals surface area contributed by atoms with Crippen molar-refractivity contribution in [1.82, 2.24) is 9.78 Å². The van der Waals surface area contributed by atoms with Crippen molar-refractivity contribution in [2.24, 2.45) is 0 Å². The lowest BCUT2D eigenvalue weighted by atomic mass is 10.1. The number of aromatic nitrogens is 2. The van der Waals surface area contributed by atoms with Crippen LogP contribution in [0.15, 0.2) is 71.5 Å². The van der Waals surface area contributed by atoms with E-state index in [1.807, 2.05) is 0 Å². The molecule has 156 valence electrons. The zero-order chi connectivity index (χ0) is 22.0. The molecule has 0 saturated heterocycles. The molecule has 0 aliphatic heterocycles. The molecule has 31 heavy (non-hydrogen) atoms. The number of halogens is 1. The monoisotopic (exact) mass is 435 g/mol. The van der Waals surface area contributed by atoms with E-state index in [0.717, 1.165) is 0 Å². The van der Waals surface area contributed by atoms with Gasteiger partial charge in [0.2, 0.25) is 0 Å². The second-order valence-corrected chi connectivity index (χ2v) is 6.99. The van der Waals surface area contributed by atoms with Crippen LogP contribution in [0.3, 0.4) is 0 Å². The smallest absolute Gasteiger partial charge is 0.279 e. The number of hydrogen-bond donors (Lipinski definition) is 1. The Morgan fingerprint density at radius 3 is 2.32 bits per heavy atom. The number of carbonyl (C=O) groups is 1. The van der Waals surface area contributed by atoms with Crippen LogP contribution in [0.5, 0.6) is 11.5 Å². The van der Waals surface area contributed by atoms with E-state index in [9.17, 15) is 9.59 Å². The Hall–Kier alpha value is -3.84. The first kappa shape index (κ1) is 20.4. The summed E-state index contributed by atoms with van der Waals surface area (Å²) in [6, 6.07) is 18.7. The van der Waals surface area contributed by atoms with Gasteiger partial charge in [0.25, 0.3) is 11.5 Å². The van der Waals surface area contributed by atoms with Gasteiger partial charge in [0.15, 0.2) is 5.69 Å². The first-order valence-electron chi connectivity index (χ1n) is 9.34. The highest BCUT2D eigenvalue weighted by molar-refractivity contribution is 6.32. The van der Waals surface area contributed by atoms with Crippen molar-refractivity contribution in [2.75, 3.05) is 19.5 Å². The molecule has 0 spiro atoms. The predicted molar refractivity (Wildman–Crippen MR) is 120 cm³/mol. The van der Waals surface area contributed by atoms with Gasteiger partial charge in [-0.3, -0.25) is 9.59 Å². The van der Waals surface area contributed by atoms with Gasteiger partial charge in [-0.1, -0.05) is 41.9 Å². The molecular weight excluding hydrogens is 418 g/mol. The maximum atomic E-state index is 13.1. The van der Waals surface area contributed by atoms with Crippen LogP contribution in [0.1, 0.15) is 10.5 Å². The Labute approximate surface area is 182 Å². The average Bonchev–Trinajstić information content (AvgIpc) is 2.79. The summed E-state index contributed by atoms with van der Waals surface area (Å²) in [6.45, 7) is 0. The average molecular weight is 436 g/mol. The van der Waals surface area contributed by atoms with Crippen molar-refractivity contribution >= 4 is 34.0 Å². The maximum Gasteiger partial charge on any atom is 0.279 e. The summed E-state index contributed by atoms with van der Waals surface area (Å²) in [4.78, 5) is 26.3. The topological polar surface area (TPSA) is 82.4 Å². The van der Waals surface area contributed by atoms with Gasteiger partial charge in [-0.25, -0.2) is 0 Å². The summed E-state index contributed by atoms with van der Waals surface area (Å²) in [5.74, 6) is 0.467. The number of rotatable bonds is 5. The summed E-state index contributed by atoms with van der Waals surface area (Å²) in [5.41, 5.74) is 0.635. The lowest BCUT2D eigenvalue weighted by Crippen LogP contribution is -2.26. The highest BCUT2D eigenvalue weighted by Crippen LogP contribution is 2.28. The molecule has 0 aliphatic rings. The second kappa shape index (κ2) is 8.49. The van der Waals surface area contributed by atoms with Gasteiger partial charge < -0.3 is 14.8 Å². The number of fused-ring (bicyclic) bond motifs is 1. The number of carbonyl (C=O) groups excluding carboxylic acids is 1. The van der Waals surface area contributed by atoms with E-state index in [1.165, 1.54) is 18.9 Å². The molecule has 0 aliphatic carbocycles. The minimum atomic E-state index is -0.485. The maximum absolute atomic E-state index is 13.1. The molecule has 8 heteroatoms. The van der Waals surface area contributed by atoms with E-state index in [4.69, 9.17) is 21.1 Å². The molecule has 3 aromatic carbocycles. The van der Waals surface area contributed by atoms with Crippen molar-refractivity contribution in [3.05, 3.63) is 87.8 Å². The highest BCUT2D eigenvalue weighted by Gasteiger charge is 2.19. The van der Waals surface area contributed by atoms with Crippen LogP contribution in [-0.4, -0.2) is 29.9 Å². The molecule has 1 heterocycles. The standard InChI is InChI=1S/C23H18ClN3O4/c1-30-19-12-11-14(13-17(19)24)25-22(28)21-15-7-3-4-8-16(15)23(29)27(26-21)18-9-5-6-10-20(18)31-2/h3-13H,1-2H3,(H,25,28). The fourth-order valence-electron chi connectivity index (χ4n) is 3.26. The minimum absolute atomic E-state index is 0.0908. The summed E-state index contributed by atoms with van der Waals surface area (Å²) >= 11 is 6.16. The third-order valence-corrected chi connectivity index (χ3v) is 5.04. The number of benzene rings is 3. The van der Waals surface area contributed by atoms with Crippen LogP contribution in [0, 0.1) is 0 Å². The summed E-state index contributed by atoms with van der Waals surface area (Å²) in [7, 11) is 3.02. The van der Waals surface area contributed by atoms with Gasteiger partial charge in [-0.05, 0) is 36.4 Å². The van der Waals surface area contributed by atoms with Crippen molar-refractivity contribution < 1.29 is 14.3 Å². The van der Waals surface area contributed by atoms with E-state index in [0.29, 0.717) is 38.7 Å². The molecule has 7 nitrogen and oxygen atoms in total. The quantitative estimate of drug-likeness (QED) is 0.505. The zero-order valence-corrected chi connectivity index (χ0v) is 17.5. The third-order valence-electron chi connectivity index (χ3n) is 4.74. The van der Waals surface area contributed by atoms with E-state index in [-0.39, 0.29) is 11.3 Å². The Morgan fingerprint density at radius 1 is 0.935 bits per heavy atom. The van der Waals surface area contributed by atoms with Crippen LogP contribution >= 0.6 is 11.6 Å². The second-order valence-electron chi connectivity index (χ2n) is 6.59. The Balaban J connectivity index is 1.85. The number of nitrogens with zero attached hydrogens (tertiary/aromatic N) is 2. The normalized spacial score (nSPS) is 10.7. The molecule has 0 fully saturated rings. The van der Waals surface area contributed by atoms with Crippen molar-refractivity contribution in [1.29, 1.82) is 0 Å². The number of nitrogens with one attached hydrogen (secondary N) is 1. The Morgan fingerprint density at radius 2 is 1.61 bits per heavy atom. The number of methoxy groups -OCH3 is 2. The zero-order valence-electron chi connectivity index (χ0n) is 16.8. The number of ether oxygens (including phenoxy) is 2. The highest BCUT2D eigenvalue weighted by atomic mass is 35.5. The molecular formula is C23H18ClN3O4. The molecule has 0 radical (unpaired) electrons. The van der Waals surface area contributed by atoms with Gasteiger partial charge in [-0.15, -0.1) is 0 Å². The van der Waals surface area contributed by atoms with Crippen molar-refractivity contribution in [2.45, 2.75) is 0 Å². The summed E-state index contributed by atoms with van der Waals surface area (Å²) in [6.07, 6.45) is 0.